The Bertz CT molecular complexity index is 761. The van der Waals surface area contributed by atoms with Crippen LogP contribution in [-0.4, -0.2) is 48.7 Å². The molecule has 148 valence electrons. The van der Waals surface area contributed by atoms with Crippen LogP contribution in [-0.2, 0) is 4.79 Å². The van der Waals surface area contributed by atoms with E-state index >= 15 is 0 Å². The second kappa shape index (κ2) is 8.98. The van der Waals surface area contributed by atoms with Crippen molar-refractivity contribution in [2.45, 2.75) is 38.0 Å². The molecular formula is C18H25N3O5S. The monoisotopic (exact) mass is 395 g/mol. The van der Waals surface area contributed by atoms with Crippen LogP contribution >= 0.6 is 11.8 Å². The summed E-state index contributed by atoms with van der Waals surface area (Å²) < 4.78 is 21.7. The number of thioether (sulfide) groups is 1. The number of carbonyl (C=O) groups is 1. The molecule has 1 N–H and O–H groups in total. The normalized spacial score (nSPS) is 11.2. The Morgan fingerprint density at radius 3 is 2.26 bits per heavy atom. The van der Waals surface area contributed by atoms with Crippen LogP contribution in [0.15, 0.2) is 21.8 Å². The summed E-state index contributed by atoms with van der Waals surface area (Å²) >= 11 is 1.33. The summed E-state index contributed by atoms with van der Waals surface area (Å²) in [5, 5.41) is 11.4. The van der Waals surface area contributed by atoms with Gasteiger partial charge in [-0.15, -0.1) is 10.2 Å². The molecule has 0 unspecified atom stereocenters. The lowest BCUT2D eigenvalue weighted by atomic mass is 10.1. The van der Waals surface area contributed by atoms with Crippen LogP contribution in [0.1, 0.15) is 27.2 Å². The minimum absolute atomic E-state index is 0.0145. The fourth-order valence-corrected chi connectivity index (χ4v) is 3.00. The molecule has 0 spiro atoms. The van der Waals surface area contributed by atoms with Gasteiger partial charge in [-0.05, 0) is 32.9 Å². The Hall–Kier alpha value is -2.42. The van der Waals surface area contributed by atoms with E-state index in [2.05, 4.69) is 15.5 Å². The first-order valence-electron chi connectivity index (χ1n) is 8.35. The zero-order valence-corrected chi connectivity index (χ0v) is 17.2. The van der Waals surface area contributed by atoms with Crippen LogP contribution < -0.4 is 19.5 Å². The molecule has 1 heterocycles. The summed E-state index contributed by atoms with van der Waals surface area (Å²) in [6, 6.07) is 3.47. The second-order valence-corrected chi connectivity index (χ2v) is 7.73. The third-order valence-electron chi connectivity index (χ3n) is 3.39. The number of nitrogens with zero attached hydrogens (tertiary/aromatic N) is 2. The molecule has 0 bridgehead atoms. The van der Waals surface area contributed by atoms with Gasteiger partial charge in [-0.25, -0.2) is 0 Å². The Labute approximate surface area is 163 Å². The van der Waals surface area contributed by atoms with Gasteiger partial charge in [0.05, 0.1) is 21.3 Å². The zero-order chi connectivity index (χ0) is 20.0. The number of hydrogen-bond donors (Lipinski definition) is 1. The average Bonchev–Trinajstić information content (AvgIpc) is 3.07. The minimum atomic E-state index is -0.244. The molecule has 0 aliphatic carbocycles. The Morgan fingerprint density at radius 2 is 1.74 bits per heavy atom. The molecule has 0 saturated carbocycles. The number of rotatable bonds is 8. The van der Waals surface area contributed by atoms with Gasteiger partial charge in [-0.1, -0.05) is 11.8 Å². The molecule has 8 nitrogen and oxygen atoms in total. The summed E-state index contributed by atoms with van der Waals surface area (Å²) in [6.45, 7) is 5.83. The number of ether oxygens (including phenoxy) is 3. The van der Waals surface area contributed by atoms with Crippen LogP contribution in [0, 0.1) is 0 Å². The van der Waals surface area contributed by atoms with E-state index in [9.17, 15) is 4.79 Å². The van der Waals surface area contributed by atoms with Gasteiger partial charge in [0.1, 0.15) is 0 Å². The number of carbonyl (C=O) groups excluding carboxylic acids is 1. The van der Waals surface area contributed by atoms with Crippen molar-refractivity contribution in [1.29, 1.82) is 0 Å². The summed E-state index contributed by atoms with van der Waals surface area (Å²) in [7, 11) is 4.62. The van der Waals surface area contributed by atoms with Crippen LogP contribution in [0.3, 0.4) is 0 Å². The summed E-state index contributed by atoms with van der Waals surface area (Å²) in [4.78, 5) is 11.8. The van der Waals surface area contributed by atoms with Crippen LogP contribution in [0.4, 0.5) is 0 Å². The van der Waals surface area contributed by atoms with Crippen molar-refractivity contribution in [3.05, 3.63) is 12.1 Å². The quantitative estimate of drug-likeness (QED) is 0.681. The highest BCUT2D eigenvalue weighted by atomic mass is 32.2. The van der Waals surface area contributed by atoms with E-state index in [4.69, 9.17) is 18.6 Å². The first-order chi connectivity index (χ1) is 12.8. The van der Waals surface area contributed by atoms with Crippen LogP contribution in [0.25, 0.3) is 11.5 Å². The number of hydrogen-bond acceptors (Lipinski definition) is 8. The first kappa shape index (κ1) is 20.9. The summed E-state index contributed by atoms with van der Waals surface area (Å²) in [6.07, 6.45) is 0.365. The van der Waals surface area contributed by atoms with E-state index in [0.29, 0.717) is 46.1 Å². The molecule has 1 aromatic carbocycles. The van der Waals surface area contributed by atoms with Crippen LogP contribution in [0.5, 0.6) is 17.2 Å². The standard InChI is InChI=1S/C18H25N3O5S/c1-18(2,3)19-14(22)7-8-27-17-21-20-16(26-17)11-9-12(23-4)15(25-6)13(10-11)24-5/h9-10H,7-8H2,1-6H3,(H,19,22). The van der Waals surface area contributed by atoms with Crippen molar-refractivity contribution in [3.63, 3.8) is 0 Å². The molecule has 1 amide bonds. The SMILES string of the molecule is COc1cc(-c2nnc(SCCC(=O)NC(C)(C)C)o2)cc(OC)c1OC. The molecule has 27 heavy (non-hydrogen) atoms. The van der Waals surface area contributed by atoms with Gasteiger partial charge < -0.3 is 23.9 Å². The second-order valence-electron chi connectivity index (χ2n) is 6.68. The third-order valence-corrected chi connectivity index (χ3v) is 4.21. The van der Waals surface area contributed by atoms with Crippen molar-refractivity contribution >= 4 is 17.7 Å². The predicted molar refractivity (Wildman–Crippen MR) is 103 cm³/mol. The molecule has 2 aromatic rings. The predicted octanol–water partition coefficient (Wildman–Crippen LogP) is 3.16. The molecule has 0 aliphatic heterocycles. The van der Waals surface area contributed by atoms with E-state index in [-0.39, 0.29) is 11.4 Å². The van der Waals surface area contributed by atoms with Crippen molar-refractivity contribution < 1.29 is 23.4 Å². The summed E-state index contributed by atoms with van der Waals surface area (Å²) in [5.74, 6) is 2.34. The molecule has 9 heteroatoms. The van der Waals surface area contributed by atoms with Crippen molar-refractivity contribution in [2.24, 2.45) is 0 Å². The lowest BCUT2D eigenvalue weighted by Gasteiger charge is -2.20. The van der Waals surface area contributed by atoms with Crippen molar-refractivity contribution in [2.75, 3.05) is 27.1 Å². The van der Waals surface area contributed by atoms with E-state index in [1.54, 1.807) is 26.4 Å². The molecule has 2 rings (SSSR count). The molecular weight excluding hydrogens is 370 g/mol. The lowest BCUT2D eigenvalue weighted by Crippen LogP contribution is -2.40. The molecule has 1 aromatic heterocycles. The van der Waals surface area contributed by atoms with Gasteiger partial charge in [-0.3, -0.25) is 4.79 Å². The van der Waals surface area contributed by atoms with Gasteiger partial charge in [0.25, 0.3) is 5.22 Å². The lowest BCUT2D eigenvalue weighted by molar-refractivity contribution is -0.122. The maximum Gasteiger partial charge on any atom is 0.276 e. The average molecular weight is 395 g/mol. The largest absolute Gasteiger partial charge is 0.493 e. The maximum absolute atomic E-state index is 11.8. The maximum atomic E-state index is 11.8. The van der Waals surface area contributed by atoms with E-state index in [0.717, 1.165) is 0 Å². The first-order valence-corrected chi connectivity index (χ1v) is 9.33. The van der Waals surface area contributed by atoms with E-state index in [1.165, 1.54) is 18.9 Å². The highest BCUT2D eigenvalue weighted by molar-refractivity contribution is 7.99. The minimum Gasteiger partial charge on any atom is -0.493 e. The fraction of sp³-hybridized carbons (Fsp3) is 0.500. The number of nitrogens with one attached hydrogen (secondary N) is 1. The topological polar surface area (TPSA) is 95.7 Å². The van der Waals surface area contributed by atoms with Gasteiger partial charge >= 0.3 is 0 Å². The molecule has 0 fully saturated rings. The van der Waals surface area contributed by atoms with E-state index < -0.39 is 0 Å². The van der Waals surface area contributed by atoms with Crippen molar-refractivity contribution in [3.8, 4) is 28.7 Å². The highest BCUT2D eigenvalue weighted by Crippen LogP contribution is 2.41. The molecule has 0 saturated heterocycles. The Morgan fingerprint density at radius 1 is 1.11 bits per heavy atom. The van der Waals surface area contributed by atoms with Gasteiger partial charge in [0.15, 0.2) is 11.5 Å². The Kier molecular flexibility index (Phi) is 6.95. The third kappa shape index (κ3) is 5.78. The molecule has 0 radical (unpaired) electrons. The van der Waals surface area contributed by atoms with Gasteiger partial charge in [-0.2, -0.15) is 0 Å². The number of aromatic nitrogens is 2. The van der Waals surface area contributed by atoms with Gasteiger partial charge in [0.2, 0.25) is 17.5 Å². The smallest absolute Gasteiger partial charge is 0.276 e. The number of amides is 1. The molecule has 0 aliphatic rings. The number of methoxy groups -OCH3 is 3. The molecule has 0 atom stereocenters. The van der Waals surface area contributed by atoms with Crippen LogP contribution in [0.2, 0.25) is 0 Å². The summed E-state index contributed by atoms with van der Waals surface area (Å²) in [5.41, 5.74) is 0.403. The fourth-order valence-electron chi connectivity index (χ4n) is 2.30. The van der Waals surface area contributed by atoms with Gasteiger partial charge in [0, 0.05) is 23.3 Å². The zero-order valence-electron chi connectivity index (χ0n) is 16.4. The highest BCUT2D eigenvalue weighted by Gasteiger charge is 2.18. The van der Waals surface area contributed by atoms with E-state index in [1.807, 2.05) is 20.8 Å². The van der Waals surface area contributed by atoms with Crippen molar-refractivity contribution in [1.82, 2.24) is 15.5 Å². The number of benzene rings is 1. The Balaban J connectivity index is 2.06.